The predicted octanol–water partition coefficient (Wildman–Crippen LogP) is 2.29. The Morgan fingerprint density at radius 1 is 1.25 bits per heavy atom. The first-order chi connectivity index (χ1) is 9.69. The van der Waals surface area contributed by atoms with Crippen molar-refractivity contribution in [3.63, 3.8) is 0 Å². The average molecular weight is 274 g/mol. The Balaban J connectivity index is 1.78. The molecule has 4 heteroatoms. The zero-order chi connectivity index (χ0) is 14.0. The van der Waals surface area contributed by atoms with Crippen LogP contribution in [0.3, 0.4) is 0 Å². The Morgan fingerprint density at radius 2 is 2.00 bits per heavy atom. The van der Waals surface area contributed by atoms with Crippen molar-refractivity contribution < 1.29 is 9.53 Å². The van der Waals surface area contributed by atoms with Crippen LogP contribution in [0.5, 0.6) is 5.75 Å². The SMILES string of the molecule is NC1(C(=O)NC2CCCOc3ccccc32)CCCC1. The molecule has 1 aliphatic heterocycles. The van der Waals surface area contributed by atoms with E-state index in [0.29, 0.717) is 6.61 Å². The molecular weight excluding hydrogens is 252 g/mol. The third-order valence-corrected chi connectivity index (χ3v) is 4.44. The standard InChI is InChI=1S/C16H22N2O2/c17-16(9-3-4-10-16)15(19)18-13-7-5-11-20-14-8-2-1-6-12(13)14/h1-2,6,8,13H,3-5,7,9-11,17H2,(H,18,19). The lowest BCUT2D eigenvalue weighted by Crippen LogP contribution is -2.52. The second-order valence-electron chi connectivity index (χ2n) is 5.92. The molecule has 1 aliphatic carbocycles. The molecule has 0 radical (unpaired) electrons. The molecule has 1 amide bonds. The number of nitrogens with two attached hydrogens (primary N) is 1. The molecule has 1 atom stereocenters. The van der Waals surface area contributed by atoms with Gasteiger partial charge in [-0.05, 0) is 31.7 Å². The molecule has 3 N–H and O–H groups in total. The number of fused-ring (bicyclic) bond motifs is 1. The summed E-state index contributed by atoms with van der Waals surface area (Å²) < 4.78 is 5.73. The summed E-state index contributed by atoms with van der Waals surface area (Å²) in [5, 5.41) is 3.15. The highest BCUT2D eigenvalue weighted by molar-refractivity contribution is 5.86. The number of amides is 1. The number of hydrogen-bond donors (Lipinski definition) is 2. The Kier molecular flexibility index (Phi) is 3.66. The van der Waals surface area contributed by atoms with Crippen molar-refractivity contribution in [1.29, 1.82) is 0 Å². The fraction of sp³-hybridized carbons (Fsp3) is 0.562. The summed E-state index contributed by atoms with van der Waals surface area (Å²) in [5.74, 6) is 0.879. The fourth-order valence-corrected chi connectivity index (χ4v) is 3.21. The smallest absolute Gasteiger partial charge is 0.240 e. The molecule has 1 fully saturated rings. The Bertz CT molecular complexity index is 495. The lowest BCUT2D eigenvalue weighted by atomic mass is 9.95. The molecule has 0 spiro atoms. The zero-order valence-corrected chi connectivity index (χ0v) is 11.7. The summed E-state index contributed by atoms with van der Waals surface area (Å²) in [7, 11) is 0. The number of hydrogen-bond acceptors (Lipinski definition) is 3. The van der Waals surface area contributed by atoms with Gasteiger partial charge in [-0.15, -0.1) is 0 Å². The second kappa shape index (κ2) is 5.44. The average Bonchev–Trinajstić information content (AvgIpc) is 2.81. The van der Waals surface area contributed by atoms with Crippen molar-refractivity contribution in [2.24, 2.45) is 5.73 Å². The minimum Gasteiger partial charge on any atom is -0.493 e. The Labute approximate surface area is 119 Å². The second-order valence-corrected chi connectivity index (χ2v) is 5.92. The van der Waals surface area contributed by atoms with E-state index >= 15 is 0 Å². The Hall–Kier alpha value is -1.55. The number of rotatable bonds is 2. The van der Waals surface area contributed by atoms with E-state index in [9.17, 15) is 4.79 Å². The van der Waals surface area contributed by atoms with E-state index < -0.39 is 5.54 Å². The molecular formula is C16H22N2O2. The van der Waals surface area contributed by atoms with Crippen LogP contribution >= 0.6 is 0 Å². The van der Waals surface area contributed by atoms with Crippen LogP contribution in [0.4, 0.5) is 0 Å². The molecule has 1 saturated carbocycles. The molecule has 3 rings (SSSR count). The topological polar surface area (TPSA) is 64.4 Å². The van der Waals surface area contributed by atoms with Gasteiger partial charge in [0.1, 0.15) is 5.75 Å². The van der Waals surface area contributed by atoms with Crippen molar-refractivity contribution >= 4 is 5.91 Å². The van der Waals surface area contributed by atoms with Gasteiger partial charge < -0.3 is 15.8 Å². The van der Waals surface area contributed by atoms with Gasteiger partial charge in [-0.25, -0.2) is 0 Å². The minimum atomic E-state index is -0.665. The largest absolute Gasteiger partial charge is 0.493 e. The third-order valence-electron chi connectivity index (χ3n) is 4.44. The predicted molar refractivity (Wildman–Crippen MR) is 77.4 cm³/mol. The van der Waals surface area contributed by atoms with Gasteiger partial charge in [-0.2, -0.15) is 0 Å². The molecule has 0 bridgehead atoms. The van der Waals surface area contributed by atoms with Gasteiger partial charge in [-0.1, -0.05) is 31.0 Å². The number of carbonyl (C=O) groups is 1. The van der Waals surface area contributed by atoms with E-state index in [4.69, 9.17) is 10.5 Å². The highest BCUT2D eigenvalue weighted by Gasteiger charge is 2.38. The molecule has 2 aliphatic rings. The molecule has 1 aromatic carbocycles. The van der Waals surface area contributed by atoms with Crippen molar-refractivity contribution in [3.8, 4) is 5.75 Å². The van der Waals surface area contributed by atoms with E-state index in [2.05, 4.69) is 5.32 Å². The molecule has 0 saturated heterocycles. The number of para-hydroxylation sites is 1. The van der Waals surface area contributed by atoms with Crippen molar-refractivity contribution in [2.75, 3.05) is 6.61 Å². The highest BCUT2D eigenvalue weighted by Crippen LogP contribution is 2.33. The van der Waals surface area contributed by atoms with E-state index in [1.165, 1.54) is 0 Å². The fourth-order valence-electron chi connectivity index (χ4n) is 3.21. The number of carbonyl (C=O) groups excluding carboxylic acids is 1. The maximum Gasteiger partial charge on any atom is 0.240 e. The van der Waals surface area contributed by atoms with Crippen molar-refractivity contribution in [3.05, 3.63) is 29.8 Å². The van der Waals surface area contributed by atoms with Crippen LogP contribution in [0.1, 0.15) is 50.1 Å². The van der Waals surface area contributed by atoms with Crippen LogP contribution in [-0.2, 0) is 4.79 Å². The van der Waals surface area contributed by atoms with Gasteiger partial charge in [0.05, 0.1) is 18.2 Å². The molecule has 1 unspecified atom stereocenters. The van der Waals surface area contributed by atoms with Gasteiger partial charge >= 0.3 is 0 Å². The summed E-state index contributed by atoms with van der Waals surface area (Å²) in [4.78, 5) is 12.5. The maximum atomic E-state index is 12.5. The Morgan fingerprint density at radius 3 is 2.80 bits per heavy atom. The van der Waals surface area contributed by atoms with Gasteiger partial charge in [0.25, 0.3) is 0 Å². The number of nitrogens with one attached hydrogen (secondary N) is 1. The molecule has 108 valence electrons. The van der Waals surface area contributed by atoms with Crippen LogP contribution in [0.2, 0.25) is 0 Å². The monoisotopic (exact) mass is 274 g/mol. The van der Waals surface area contributed by atoms with Gasteiger partial charge in [0.15, 0.2) is 0 Å². The third kappa shape index (κ3) is 2.52. The van der Waals surface area contributed by atoms with E-state index in [1.807, 2.05) is 24.3 Å². The molecule has 1 heterocycles. The lowest BCUT2D eigenvalue weighted by molar-refractivity contribution is -0.127. The highest BCUT2D eigenvalue weighted by atomic mass is 16.5. The first-order valence-corrected chi connectivity index (χ1v) is 7.51. The molecule has 20 heavy (non-hydrogen) atoms. The number of benzene rings is 1. The van der Waals surface area contributed by atoms with Gasteiger partial charge in [-0.3, -0.25) is 4.79 Å². The van der Waals surface area contributed by atoms with Crippen LogP contribution in [-0.4, -0.2) is 18.1 Å². The van der Waals surface area contributed by atoms with Crippen LogP contribution in [0.15, 0.2) is 24.3 Å². The zero-order valence-electron chi connectivity index (χ0n) is 11.7. The van der Waals surface area contributed by atoms with Gasteiger partial charge in [0.2, 0.25) is 5.91 Å². The minimum absolute atomic E-state index is 0.00305. The van der Waals surface area contributed by atoms with E-state index in [0.717, 1.165) is 49.8 Å². The number of ether oxygens (including phenoxy) is 1. The summed E-state index contributed by atoms with van der Waals surface area (Å²) in [6.07, 6.45) is 5.53. The van der Waals surface area contributed by atoms with Crippen LogP contribution in [0, 0.1) is 0 Å². The van der Waals surface area contributed by atoms with Crippen LogP contribution < -0.4 is 15.8 Å². The van der Waals surface area contributed by atoms with Crippen LogP contribution in [0.25, 0.3) is 0 Å². The molecule has 4 nitrogen and oxygen atoms in total. The van der Waals surface area contributed by atoms with E-state index in [-0.39, 0.29) is 11.9 Å². The lowest BCUT2D eigenvalue weighted by Gasteiger charge is -2.26. The molecule has 1 aromatic rings. The van der Waals surface area contributed by atoms with E-state index in [1.54, 1.807) is 0 Å². The van der Waals surface area contributed by atoms with Crippen molar-refractivity contribution in [1.82, 2.24) is 5.32 Å². The van der Waals surface area contributed by atoms with Crippen molar-refractivity contribution in [2.45, 2.75) is 50.1 Å². The summed E-state index contributed by atoms with van der Waals surface area (Å²) in [6, 6.07) is 7.96. The summed E-state index contributed by atoms with van der Waals surface area (Å²) in [5.41, 5.74) is 6.64. The quantitative estimate of drug-likeness (QED) is 0.869. The normalized spacial score (nSPS) is 24.4. The summed E-state index contributed by atoms with van der Waals surface area (Å²) >= 11 is 0. The first kappa shape index (κ1) is 13.4. The first-order valence-electron chi connectivity index (χ1n) is 7.51. The van der Waals surface area contributed by atoms with Gasteiger partial charge in [0, 0.05) is 5.56 Å². The molecule has 0 aromatic heterocycles. The summed E-state index contributed by atoms with van der Waals surface area (Å²) in [6.45, 7) is 0.706. The maximum absolute atomic E-state index is 12.5.